The summed E-state index contributed by atoms with van der Waals surface area (Å²) in [4.78, 5) is 1.96. The molecule has 18 heavy (non-hydrogen) atoms. The first kappa shape index (κ1) is 12.8. The van der Waals surface area contributed by atoms with Gasteiger partial charge in [0, 0.05) is 20.2 Å². The summed E-state index contributed by atoms with van der Waals surface area (Å²) in [6, 6.07) is 1.71. The van der Waals surface area contributed by atoms with Gasteiger partial charge >= 0.3 is 0 Å². The zero-order valence-electron chi connectivity index (χ0n) is 10.6. The van der Waals surface area contributed by atoms with Crippen LogP contribution in [0.15, 0.2) is 12.3 Å². The molecule has 6 nitrogen and oxygen atoms in total. The maximum absolute atomic E-state index is 7.54. The summed E-state index contributed by atoms with van der Waals surface area (Å²) in [5.41, 5.74) is 6.16. The van der Waals surface area contributed by atoms with Gasteiger partial charge in [0.25, 0.3) is 0 Å². The molecule has 0 radical (unpaired) electrons. The predicted octanol–water partition coefficient (Wildman–Crippen LogP) is 0.766. The third kappa shape index (κ3) is 2.95. The molecule has 0 spiro atoms. The lowest BCUT2D eigenvalue weighted by Crippen LogP contribution is -2.35. The highest BCUT2D eigenvalue weighted by atomic mass is 16.5. The Morgan fingerprint density at radius 3 is 3.11 bits per heavy atom. The SMILES string of the molecule is CN(CC1CCCCO1)c1nnccc1C(=N)N. The molecule has 1 aliphatic heterocycles. The summed E-state index contributed by atoms with van der Waals surface area (Å²) < 4.78 is 5.70. The number of hydrogen-bond acceptors (Lipinski definition) is 5. The van der Waals surface area contributed by atoms with Crippen molar-refractivity contribution in [3.63, 3.8) is 0 Å². The van der Waals surface area contributed by atoms with Crippen LogP contribution in [0.4, 0.5) is 5.82 Å². The highest BCUT2D eigenvalue weighted by Gasteiger charge is 2.19. The number of nitrogens with zero attached hydrogens (tertiary/aromatic N) is 3. The van der Waals surface area contributed by atoms with Gasteiger partial charge in [-0.15, -0.1) is 5.10 Å². The van der Waals surface area contributed by atoms with E-state index in [0.717, 1.165) is 26.0 Å². The molecule has 1 fully saturated rings. The van der Waals surface area contributed by atoms with Gasteiger partial charge in [0.2, 0.25) is 0 Å². The summed E-state index contributed by atoms with van der Waals surface area (Å²) in [5.74, 6) is 0.649. The summed E-state index contributed by atoms with van der Waals surface area (Å²) in [7, 11) is 1.93. The third-order valence-corrected chi connectivity index (χ3v) is 3.10. The highest BCUT2D eigenvalue weighted by molar-refractivity contribution is 5.99. The predicted molar refractivity (Wildman–Crippen MR) is 69.9 cm³/mol. The molecule has 0 saturated carbocycles. The molecule has 1 unspecified atom stereocenters. The fraction of sp³-hybridized carbons (Fsp3) is 0.583. The van der Waals surface area contributed by atoms with Gasteiger partial charge < -0.3 is 15.4 Å². The number of hydrogen-bond donors (Lipinski definition) is 2. The molecule has 2 heterocycles. The third-order valence-electron chi connectivity index (χ3n) is 3.10. The van der Waals surface area contributed by atoms with Gasteiger partial charge in [0.1, 0.15) is 5.84 Å². The molecule has 1 atom stereocenters. The molecular weight excluding hydrogens is 230 g/mol. The molecule has 1 saturated heterocycles. The molecule has 98 valence electrons. The Balaban J connectivity index is 2.08. The maximum Gasteiger partial charge on any atom is 0.162 e. The second-order valence-electron chi connectivity index (χ2n) is 4.55. The number of aromatic nitrogens is 2. The highest BCUT2D eigenvalue weighted by Crippen LogP contribution is 2.18. The average molecular weight is 249 g/mol. The van der Waals surface area contributed by atoms with E-state index in [9.17, 15) is 0 Å². The van der Waals surface area contributed by atoms with E-state index >= 15 is 0 Å². The minimum absolute atomic E-state index is 0.0105. The van der Waals surface area contributed by atoms with E-state index in [1.165, 1.54) is 6.42 Å². The van der Waals surface area contributed by atoms with Crippen LogP contribution < -0.4 is 10.6 Å². The molecule has 6 heteroatoms. The van der Waals surface area contributed by atoms with Gasteiger partial charge in [0.05, 0.1) is 17.9 Å². The monoisotopic (exact) mass is 249 g/mol. The molecule has 1 aliphatic rings. The number of nitrogen functional groups attached to an aromatic ring is 1. The number of nitrogens with one attached hydrogen (secondary N) is 1. The summed E-state index contributed by atoms with van der Waals surface area (Å²) >= 11 is 0. The topological polar surface area (TPSA) is 88.1 Å². The van der Waals surface area contributed by atoms with E-state index in [1.54, 1.807) is 12.3 Å². The Kier molecular flexibility index (Phi) is 4.09. The summed E-state index contributed by atoms with van der Waals surface area (Å²) in [6.07, 6.45) is 5.19. The number of likely N-dealkylation sites (N-methyl/N-ethyl adjacent to an activating group) is 1. The first-order valence-electron chi connectivity index (χ1n) is 6.17. The van der Waals surface area contributed by atoms with Crippen molar-refractivity contribution in [2.45, 2.75) is 25.4 Å². The molecular formula is C12H19N5O. The van der Waals surface area contributed by atoms with E-state index < -0.39 is 0 Å². The Morgan fingerprint density at radius 2 is 2.44 bits per heavy atom. The molecule has 0 amide bonds. The number of ether oxygens (including phenoxy) is 1. The lowest BCUT2D eigenvalue weighted by atomic mass is 10.1. The van der Waals surface area contributed by atoms with E-state index in [2.05, 4.69) is 10.2 Å². The van der Waals surface area contributed by atoms with Gasteiger partial charge in [-0.2, -0.15) is 5.10 Å². The molecule has 0 bridgehead atoms. The summed E-state index contributed by atoms with van der Waals surface area (Å²) in [5, 5.41) is 15.5. The van der Waals surface area contributed by atoms with Crippen molar-refractivity contribution in [3.05, 3.63) is 17.8 Å². The standard InChI is InChI=1S/C12H19N5O/c1-17(8-9-4-2-3-7-18-9)12-10(11(13)14)5-6-15-16-12/h5-6,9H,2-4,7-8H2,1H3,(H3,13,14). The fourth-order valence-electron chi connectivity index (χ4n) is 2.16. The van der Waals surface area contributed by atoms with Crippen LogP contribution in [-0.4, -0.2) is 42.3 Å². The van der Waals surface area contributed by atoms with Crippen LogP contribution in [0.1, 0.15) is 24.8 Å². The summed E-state index contributed by atoms with van der Waals surface area (Å²) in [6.45, 7) is 1.58. The number of nitrogens with two attached hydrogens (primary N) is 1. The minimum atomic E-state index is 0.0105. The van der Waals surface area contributed by atoms with Crippen LogP contribution >= 0.6 is 0 Å². The first-order valence-corrected chi connectivity index (χ1v) is 6.17. The van der Waals surface area contributed by atoms with Crippen molar-refractivity contribution in [1.82, 2.24) is 10.2 Å². The number of anilines is 1. The quantitative estimate of drug-likeness (QED) is 0.607. The van der Waals surface area contributed by atoms with E-state index in [1.807, 2.05) is 11.9 Å². The van der Waals surface area contributed by atoms with Crippen molar-refractivity contribution in [2.75, 3.05) is 25.1 Å². The van der Waals surface area contributed by atoms with Crippen molar-refractivity contribution >= 4 is 11.7 Å². The van der Waals surface area contributed by atoms with Crippen LogP contribution in [0.3, 0.4) is 0 Å². The van der Waals surface area contributed by atoms with Crippen LogP contribution in [0.2, 0.25) is 0 Å². The van der Waals surface area contributed by atoms with Crippen molar-refractivity contribution in [2.24, 2.45) is 5.73 Å². The largest absolute Gasteiger partial charge is 0.384 e. The van der Waals surface area contributed by atoms with Gasteiger partial charge in [-0.05, 0) is 25.3 Å². The zero-order chi connectivity index (χ0) is 13.0. The molecule has 1 aromatic rings. The average Bonchev–Trinajstić information content (AvgIpc) is 2.40. The Bertz CT molecular complexity index is 417. The molecule has 1 aromatic heterocycles. The lowest BCUT2D eigenvalue weighted by Gasteiger charge is -2.28. The van der Waals surface area contributed by atoms with Crippen LogP contribution in [-0.2, 0) is 4.74 Å². The van der Waals surface area contributed by atoms with Crippen LogP contribution in [0.25, 0.3) is 0 Å². The molecule has 2 rings (SSSR count). The minimum Gasteiger partial charge on any atom is -0.384 e. The van der Waals surface area contributed by atoms with Gasteiger partial charge in [-0.25, -0.2) is 0 Å². The van der Waals surface area contributed by atoms with Crippen LogP contribution in [0.5, 0.6) is 0 Å². The van der Waals surface area contributed by atoms with Crippen LogP contribution in [0, 0.1) is 5.41 Å². The van der Waals surface area contributed by atoms with Crippen molar-refractivity contribution in [3.8, 4) is 0 Å². The molecule has 0 aliphatic carbocycles. The molecule has 0 aromatic carbocycles. The normalized spacial score (nSPS) is 19.5. The van der Waals surface area contributed by atoms with Crippen molar-refractivity contribution in [1.29, 1.82) is 5.41 Å². The van der Waals surface area contributed by atoms with Gasteiger partial charge in [-0.1, -0.05) is 0 Å². The van der Waals surface area contributed by atoms with Gasteiger partial charge in [-0.3, -0.25) is 5.41 Å². The Morgan fingerprint density at radius 1 is 1.61 bits per heavy atom. The number of amidine groups is 1. The van der Waals surface area contributed by atoms with Crippen molar-refractivity contribution < 1.29 is 4.74 Å². The zero-order valence-corrected chi connectivity index (χ0v) is 10.6. The maximum atomic E-state index is 7.54. The van der Waals surface area contributed by atoms with E-state index in [4.69, 9.17) is 15.9 Å². The van der Waals surface area contributed by atoms with E-state index in [-0.39, 0.29) is 11.9 Å². The fourth-order valence-corrected chi connectivity index (χ4v) is 2.16. The second kappa shape index (κ2) is 5.77. The Labute approximate surface area is 107 Å². The smallest absolute Gasteiger partial charge is 0.162 e. The van der Waals surface area contributed by atoms with E-state index in [0.29, 0.717) is 11.4 Å². The lowest BCUT2D eigenvalue weighted by molar-refractivity contribution is 0.0215. The number of rotatable bonds is 4. The van der Waals surface area contributed by atoms with Gasteiger partial charge in [0.15, 0.2) is 5.82 Å². The first-order chi connectivity index (χ1) is 8.68. The second-order valence-corrected chi connectivity index (χ2v) is 4.55. The Hall–Kier alpha value is -1.69. The molecule has 3 N–H and O–H groups in total.